The zero-order valence-electron chi connectivity index (χ0n) is 13.1. The van der Waals surface area contributed by atoms with Gasteiger partial charge < -0.3 is 11.1 Å². The molecule has 0 saturated heterocycles. The molecule has 22 heavy (non-hydrogen) atoms. The Morgan fingerprint density at radius 3 is 2.55 bits per heavy atom. The van der Waals surface area contributed by atoms with Crippen LogP contribution in [-0.2, 0) is 14.8 Å². The number of hydrogen-bond donors (Lipinski definition) is 3. The van der Waals surface area contributed by atoms with Crippen LogP contribution in [0.3, 0.4) is 0 Å². The molecule has 4 N–H and O–H groups in total. The van der Waals surface area contributed by atoms with Crippen molar-refractivity contribution in [3.63, 3.8) is 0 Å². The first-order valence-corrected chi connectivity index (χ1v) is 10.2. The molecule has 0 aliphatic heterocycles. The van der Waals surface area contributed by atoms with Gasteiger partial charge in [0.1, 0.15) is 0 Å². The Bertz CT molecular complexity index is 534. The third-order valence-electron chi connectivity index (χ3n) is 5.85. The molecular weight excluding hydrogens is 302 g/mol. The van der Waals surface area contributed by atoms with Crippen molar-refractivity contribution >= 4 is 15.9 Å². The van der Waals surface area contributed by atoms with Crippen molar-refractivity contribution in [1.29, 1.82) is 0 Å². The van der Waals surface area contributed by atoms with Crippen molar-refractivity contribution in [2.75, 3.05) is 12.8 Å². The molecule has 3 saturated carbocycles. The van der Waals surface area contributed by atoms with Crippen LogP contribution in [0.4, 0.5) is 0 Å². The monoisotopic (exact) mass is 329 g/mol. The quantitative estimate of drug-likeness (QED) is 0.670. The molecule has 6 unspecified atom stereocenters. The first-order valence-electron chi connectivity index (χ1n) is 8.36. The van der Waals surface area contributed by atoms with Crippen LogP contribution in [0.25, 0.3) is 0 Å². The van der Waals surface area contributed by atoms with Gasteiger partial charge in [0, 0.05) is 18.6 Å². The third kappa shape index (κ3) is 3.31. The van der Waals surface area contributed by atoms with E-state index in [4.69, 9.17) is 5.73 Å². The lowest BCUT2D eigenvalue weighted by Gasteiger charge is -2.28. The van der Waals surface area contributed by atoms with Gasteiger partial charge in [-0.2, -0.15) is 0 Å². The van der Waals surface area contributed by atoms with Gasteiger partial charge >= 0.3 is 0 Å². The largest absolute Gasteiger partial charge is 0.355 e. The number of amides is 1. The van der Waals surface area contributed by atoms with Crippen LogP contribution in [0.15, 0.2) is 0 Å². The van der Waals surface area contributed by atoms with Crippen LogP contribution in [-0.4, -0.2) is 39.2 Å². The zero-order chi connectivity index (χ0) is 15.9. The normalized spacial score (nSPS) is 41.0. The predicted octanol–water partition coefficient (Wildman–Crippen LogP) is 0.194. The first kappa shape index (κ1) is 16.2. The standard InChI is InChI=1S/C15H27N3O3S/c1-22(20,21)18-12-4-2-3-11(12)8-17-15(19)13-9-5-6-10(7-9)14(13)16/h9-14,18H,2-8,16H2,1H3,(H,17,19). The number of carbonyl (C=O) groups is 1. The summed E-state index contributed by atoms with van der Waals surface area (Å²) in [5.41, 5.74) is 6.21. The fraction of sp³-hybridized carbons (Fsp3) is 0.933. The molecule has 0 spiro atoms. The number of rotatable bonds is 5. The molecule has 3 rings (SSSR count). The van der Waals surface area contributed by atoms with E-state index < -0.39 is 10.0 Å². The number of carbonyl (C=O) groups excluding carboxylic acids is 1. The fourth-order valence-electron chi connectivity index (χ4n) is 4.79. The summed E-state index contributed by atoms with van der Waals surface area (Å²) < 4.78 is 25.5. The number of hydrogen-bond acceptors (Lipinski definition) is 4. The van der Waals surface area contributed by atoms with E-state index in [2.05, 4.69) is 10.0 Å². The van der Waals surface area contributed by atoms with E-state index in [0.29, 0.717) is 18.4 Å². The maximum absolute atomic E-state index is 12.5. The maximum atomic E-state index is 12.5. The molecule has 1 amide bonds. The van der Waals surface area contributed by atoms with Crippen molar-refractivity contribution in [3.8, 4) is 0 Å². The van der Waals surface area contributed by atoms with Gasteiger partial charge in [-0.05, 0) is 49.9 Å². The van der Waals surface area contributed by atoms with Crippen molar-refractivity contribution in [2.45, 2.75) is 50.6 Å². The van der Waals surface area contributed by atoms with Crippen LogP contribution < -0.4 is 15.8 Å². The van der Waals surface area contributed by atoms with Crippen molar-refractivity contribution in [1.82, 2.24) is 10.0 Å². The lowest BCUT2D eigenvalue weighted by atomic mass is 9.84. The first-order chi connectivity index (χ1) is 10.3. The SMILES string of the molecule is CS(=O)(=O)NC1CCCC1CNC(=O)C1C2CCC(C2)C1N. The highest BCUT2D eigenvalue weighted by atomic mass is 32.2. The second-order valence-corrected chi connectivity index (χ2v) is 9.15. The van der Waals surface area contributed by atoms with Gasteiger partial charge in [-0.3, -0.25) is 4.79 Å². The van der Waals surface area contributed by atoms with Crippen molar-refractivity contribution in [3.05, 3.63) is 0 Å². The van der Waals surface area contributed by atoms with Gasteiger partial charge in [0.2, 0.25) is 15.9 Å². The highest BCUT2D eigenvalue weighted by Crippen LogP contribution is 2.47. The number of nitrogens with one attached hydrogen (secondary N) is 2. The Kier molecular flexibility index (Phi) is 4.49. The Morgan fingerprint density at radius 2 is 1.91 bits per heavy atom. The molecule has 6 nitrogen and oxygen atoms in total. The van der Waals surface area contributed by atoms with Gasteiger partial charge in [-0.15, -0.1) is 0 Å². The highest BCUT2D eigenvalue weighted by Gasteiger charge is 2.49. The predicted molar refractivity (Wildman–Crippen MR) is 84.4 cm³/mol. The van der Waals surface area contributed by atoms with Crippen LogP contribution in [0.2, 0.25) is 0 Å². The molecule has 0 aromatic carbocycles. The molecular formula is C15H27N3O3S. The van der Waals surface area contributed by atoms with Gasteiger partial charge in [0.15, 0.2) is 0 Å². The zero-order valence-corrected chi connectivity index (χ0v) is 13.9. The number of fused-ring (bicyclic) bond motifs is 2. The molecule has 0 aromatic rings. The molecule has 3 fully saturated rings. The summed E-state index contributed by atoms with van der Waals surface area (Å²) in [5.74, 6) is 1.19. The summed E-state index contributed by atoms with van der Waals surface area (Å²) in [5, 5.41) is 3.04. The second-order valence-electron chi connectivity index (χ2n) is 7.37. The Balaban J connectivity index is 1.52. The van der Waals surface area contributed by atoms with E-state index in [9.17, 15) is 13.2 Å². The Morgan fingerprint density at radius 1 is 1.18 bits per heavy atom. The molecule has 2 bridgehead atoms. The van der Waals surface area contributed by atoms with E-state index in [1.54, 1.807) is 0 Å². The summed E-state index contributed by atoms with van der Waals surface area (Å²) in [6.45, 7) is 0.548. The molecule has 7 heteroatoms. The minimum absolute atomic E-state index is 0.00673. The van der Waals surface area contributed by atoms with Crippen molar-refractivity contribution < 1.29 is 13.2 Å². The van der Waals surface area contributed by atoms with Crippen molar-refractivity contribution in [2.24, 2.45) is 29.4 Å². The minimum atomic E-state index is -3.19. The third-order valence-corrected chi connectivity index (χ3v) is 6.58. The topological polar surface area (TPSA) is 101 Å². The fourth-order valence-corrected chi connectivity index (χ4v) is 5.65. The lowest BCUT2D eigenvalue weighted by molar-refractivity contribution is -0.127. The van der Waals surface area contributed by atoms with Crippen LogP contribution >= 0.6 is 0 Å². The van der Waals surface area contributed by atoms with Gasteiger partial charge in [0.05, 0.1) is 12.2 Å². The van der Waals surface area contributed by atoms with Gasteiger partial charge in [-0.1, -0.05) is 6.42 Å². The van der Waals surface area contributed by atoms with Crippen LogP contribution in [0.1, 0.15) is 38.5 Å². The van der Waals surface area contributed by atoms with Gasteiger partial charge in [-0.25, -0.2) is 13.1 Å². The van der Waals surface area contributed by atoms with E-state index in [-0.39, 0.29) is 29.8 Å². The van der Waals surface area contributed by atoms with E-state index in [1.165, 1.54) is 12.7 Å². The summed E-state index contributed by atoms with van der Waals surface area (Å²) in [4.78, 5) is 12.5. The lowest BCUT2D eigenvalue weighted by Crippen LogP contribution is -2.48. The molecule has 126 valence electrons. The number of nitrogens with two attached hydrogens (primary N) is 1. The van der Waals surface area contributed by atoms with Gasteiger partial charge in [0.25, 0.3) is 0 Å². The van der Waals surface area contributed by atoms with E-state index in [1.807, 2.05) is 0 Å². The van der Waals surface area contributed by atoms with Crippen LogP contribution in [0, 0.1) is 23.7 Å². The molecule has 3 aliphatic carbocycles. The molecule has 6 atom stereocenters. The molecule has 0 radical (unpaired) electrons. The van der Waals surface area contributed by atoms with E-state index in [0.717, 1.165) is 32.1 Å². The Labute approximate surface area is 132 Å². The molecule has 3 aliphatic rings. The summed E-state index contributed by atoms with van der Waals surface area (Å²) in [6, 6.07) is -0.0451. The second kappa shape index (κ2) is 6.09. The highest BCUT2D eigenvalue weighted by molar-refractivity contribution is 7.88. The van der Waals surface area contributed by atoms with E-state index >= 15 is 0 Å². The number of sulfonamides is 1. The molecule has 0 aromatic heterocycles. The maximum Gasteiger partial charge on any atom is 0.224 e. The summed E-state index contributed by atoms with van der Waals surface area (Å²) in [7, 11) is -3.19. The molecule has 0 heterocycles. The summed E-state index contributed by atoms with van der Waals surface area (Å²) >= 11 is 0. The minimum Gasteiger partial charge on any atom is -0.355 e. The smallest absolute Gasteiger partial charge is 0.224 e. The Hall–Kier alpha value is -0.660. The summed E-state index contributed by atoms with van der Waals surface area (Å²) in [6.07, 6.45) is 7.38. The average molecular weight is 329 g/mol. The average Bonchev–Trinajstić information content (AvgIpc) is 3.10. The van der Waals surface area contributed by atoms with Crippen LogP contribution in [0.5, 0.6) is 0 Å².